The summed E-state index contributed by atoms with van der Waals surface area (Å²) < 4.78 is 14.3. The summed E-state index contributed by atoms with van der Waals surface area (Å²) in [6.45, 7) is 3.73. The van der Waals surface area contributed by atoms with Crippen LogP contribution >= 0.6 is 0 Å². The summed E-state index contributed by atoms with van der Waals surface area (Å²) in [6, 6.07) is 16.6. The fourth-order valence-corrected chi connectivity index (χ4v) is 3.04. The molecule has 110 valence electrons. The van der Waals surface area contributed by atoms with Crippen molar-refractivity contribution in [3.05, 3.63) is 60.2 Å². The lowest BCUT2D eigenvalue weighted by Crippen LogP contribution is -2.20. The van der Waals surface area contributed by atoms with Gasteiger partial charge in [-0.2, -0.15) is 0 Å². The fourth-order valence-electron chi connectivity index (χ4n) is 1.98. The molecule has 0 aromatic heterocycles. The van der Waals surface area contributed by atoms with Crippen LogP contribution in [0.3, 0.4) is 0 Å². The van der Waals surface area contributed by atoms with E-state index < -0.39 is 11.0 Å². The van der Waals surface area contributed by atoms with Crippen LogP contribution in [0.1, 0.15) is 24.2 Å². The maximum atomic E-state index is 12.6. The number of nitrogens with zero attached hydrogens (tertiary/aromatic N) is 1. The van der Waals surface area contributed by atoms with Crippen molar-refractivity contribution in [2.45, 2.75) is 18.7 Å². The van der Waals surface area contributed by atoms with Gasteiger partial charge in [0.05, 0.1) is 4.90 Å². The summed E-state index contributed by atoms with van der Waals surface area (Å²) in [5.74, 6) is -0.00301. The van der Waals surface area contributed by atoms with Crippen molar-refractivity contribution < 1.29 is 9.00 Å². The Bertz CT molecular complexity index is 653. The molecule has 2 rings (SSSR count). The first-order valence-electron chi connectivity index (χ1n) is 6.85. The van der Waals surface area contributed by atoms with Gasteiger partial charge in [0.2, 0.25) is 0 Å². The van der Waals surface area contributed by atoms with Gasteiger partial charge in [-0.15, -0.1) is 0 Å². The predicted octanol–water partition coefficient (Wildman–Crippen LogP) is 3.68. The molecule has 0 heterocycles. The van der Waals surface area contributed by atoms with E-state index in [4.69, 9.17) is 0 Å². The second-order valence-electron chi connectivity index (χ2n) is 5.13. The van der Waals surface area contributed by atoms with Gasteiger partial charge in [0.15, 0.2) is 16.8 Å². The van der Waals surface area contributed by atoms with Crippen molar-refractivity contribution >= 4 is 22.5 Å². The minimum atomic E-state index is -1.34. The number of carbonyl (C=O) groups is 1. The molecule has 0 aliphatic heterocycles. The second kappa shape index (κ2) is 6.68. The van der Waals surface area contributed by atoms with Gasteiger partial charge in [0, 0.05) is 24.2 Å². The Labute approximate surface area is 128 Å². The SMILES string of the molecule is CC(C)C(=O)c1cccc(S(=O)N(C)c2ccccc2)c1. The number of Topliss-reactive ketones (excluding diaryl/α,β-unsaturated/α-hetero) is 1. The van der Waals surface area contributed by atoms with Gasteiger partial charge in [-0.05, 0) is 24.3 Å². The number of rotatable bonds is 5. The van der Waals surface area contributed by atoms with Crippen molar-refractivity contribution in [2.24, 2.45) is 5.92 Å². The zero-order valence-corrected chi connectivity index (χ0v) is 13.3. The third-order valence-electron chi connectivity index (χ3n) is 3.21. The standard InChI is InChI=1S/C17H19NO2S/c1-13(2)17(19)14-8-7-11-16(12-14)21(20)18(3)15-9-5-4-6-10-15/h4-13H,1-3H3. The minimum Gasteiger partial charge on any atom is -0.294 e. The van der Waals surface area contributed by atoms with Crippen LogP contribution in [0.2, 0.25) is 0 Å². The summed E-state index contributed by atoms with van der Waals surface area (Å²) in [5.41, 5.74) is 1.48. The van der Waals surface area contributed by atoms with Gasteiger partial charge in [0.25, 0.3) is 0 Å². The minimum absolute atomic E-state index is 0.0659. The zero-order chi connectivity index (χ0) is 15.4. The quantitative estimate of drug-likeness (QED) is 0.790. The predicted molar refractivity (Wildman–Crippen MR) is 86.9 cm³/mol. The third-order valence-corrected chi connectivity index (χ3v) is 4.58. The molecule has 0 aliphatic rings. The highest BCUT2D eigenvalue weighted by molar-refractivity contribution is 7.86. The smallest absolute Gasteiger partial charge is 0.165 e. The van der Waals surface area contributed by atoms with Crippen LogP contribution in [0, 0.1) is 5.92 Å². The molecule has 2 aromatic carbocycles. The van der Waals surface area contributed by atoms with E-state index in [1.807, 2.05) is 44.2 Å². The number of hydrogen-bond acceptors (Lipinski definition) is 2. The van der Waals surface area contributed by atoms with E-state index in [-0.39, 0.29) is 11.7 Å². The molecule has 21 heavy (non-hydrogen) atoms. The van der Waals surface area contributed by atoms with Gasteiger partial charge in [-0.25, -0.2) is 4.21 Å². The topological polar surface area (TPSA) is 37.4 Å². The van der Waals surface area contributed by atoms with Gasteiger partial charge >= 0.3 is 0 Å². The molecule has 1 atom stereocenters. The molecule has 0 bridgehead atoms. The molecule has 1 unspecified atom stereocenters. The summed E-state index contributed by atoms with van der Waals surface area (Å²) in [7, 11) is 0.442. The Hall–Kier alpha value is -1.94. The van der Waals surface area contributed by atoms with Crippen molar-refractivity contribution in [1.29, 1.82) is 0 Å². The van der Waals surface area contributed by atoms with Gasteiger partial charge in [0.1, 0.15) is 0 Å². The third kappa shape index (κ3) is 3.58. The highest BCUT2D eigenvalue weighted by Crippen LogP contribution is 2.20. The molecule has 3 nitrogen and oxygen atoms in total. The second-order valence-corrected chi connectivity index (χ2v) is 6.65. The van der Waals surface area contributed by atoms with E-state index in [0.717, 1.165) is 5.69 Å². The molecule has 0 spiro atoms. The van der Waals surface area contributed by atoms with Crippen LogP contribution in [0.4, 0.5) is 5.69 Å². The maximum absolute atomic E-state index is 12.6. The summed E-state index contributed by atoms with van der Waals surface area (Å²) in [6.07, 6.45) is 0. The average molecular weight is 301 g/mol. The van der Waals surface area contributed by atoms with Crippen molar-refractivity contribution in [1.82, 2.24) is 0 Å². The molecule has 0 amide bonds. The number of ketones is 1. The highest BCUT2D eigenvalue weighted by Gasteiger charge is 2.15. The highest BCUT2D eigenvalue weighted by atomic mass is 32.2. The lowest BCUT2D eigenvalue weighted by atomic mass is 10.0. The first kappa shape index (κ1) is 15.4. The Morgan fingerprint density at radius 1 is 1.05 bits per heavy atom. The van der Waals surface area contributed by atoms with Crippen LogP contribution in [0.15, 0.2) is 59.5 Å². The first-order valence-corrected chi connectivity index (χ1v) is 7.96. The number of benzene rings is 2. The molecule has 0 aliphatic carbocycles. The van der Waals surface area contributed by atoms with E-state index in [9.17, 15) is 9.00 Å². The normalized spacial score (nSPS) is 12.2. The van der Waals surface area contributed by atoms with Crippen LogP contribution in [-0.4, -0.2) is 17.0 Å². The summed E-state index contributed by atoms with van der Waals surface area (Å²) in [5, 5.41) is 0. The number of anilines is 1. The Balaban J connectivity index is 2.28. The molecule has 0 saturated carbocycles. The van der Waals surface area contributed by atoms with E-state index in [1.165, 1.54) is 0 Å². The van der Waals surface area contributed by atoms with Crippen LogP contribution < -0.4 is 4.31 Å². The number of hydrogen-bond donors (Lipinski definition) is 0. The summed E-state index contributed by atoms with van der Waals surface area (Å²) in [4.78, 5) is 12.7. The average Bonchev–Trinajstić information content (AvgIpc) is 2.53. The Kier molecular flexibility index (Phi) is 4.91. The lowest BCUT2D eigenvalue weighted by molar-refractivity contribution is 0.0939. The largest absolute Gasteiger partial charge is 0.294 e. The molecule has 2 aromatic rings. The monoisotopic (exact) mass is 301 g/mol. The Morgan fingerprint density at radius 2 is 1.71 bits per heavy atom. The van der Waals surface area contributed by atoms with Crippen LogP contribution in [-0.2, 0) is 11.0 Å². The summed E-state index contributed by atoms with van der Waals surface area (Å²) >= 11 is 0. The molecule has 0 N–H and O–H groups in total. The van der Waals surface area contributed by atoms with Gasteiger partial charge < -0.3 is 0 Å². The molecule has 4 heteroatoms. The molecule has 0 fully saturated rings. The molecular formula is C17H19NO2S. The molecule has 0 radical (unpaired) electrons. The molecule has 0 saturated heterocycles. The van der Waals surface area contributed by atoms with E-state index >= 15 is 0 Å². The van der Waals surface area contributed by atoms with Gasteiger partial charge in [-0.3, -0.25) is 9.10 Å². The van der Waals surface area contributed by atoms with Crippen LogP contribution in [0.5, 0.6) is 0 Å². The zero-order valence-electron chi connectivity index (χ0n) is 12.4. The van der Waals surface area contributed by atoms with E-state index in [2.05, 4.69) is 0 Å². The molecular weight excluding hydrogens is 282 g/mol. The number of para-hydroxylation sites is 1. The van der Waals surface area contributed by atoms with Crippen molar-refractivity contribution in [2.75, 3.05) is 11.4 Å². The Morgan fingerprint density at radius 3 is 2.33 bits per heavy atom. The lowest BCUT2D eigenvalue weighted by Gasteiger charge is -2.18. The van der Waals surface area contributed by atoms with E-state index in [1.54, 1.807) is 35.6 Å². The van der Waals surface area contributed by atoms with Crippen molar-refractivity contribution in [3.63, 3.8) is 0 Å². The number of carbonyl (C=O) groups excluding carboxylic acids is 1. The van der Waals surface area contributed by atoms with E-state index in [0.29, 0.717) is 10.5 Å². The van der Waals surface area contributed by atoms with Crippen molar-refractivity contribution in [3.8, 4) is 0 Å². The first-order chi connectivity index (χ1) is 10.0. The maximum Gasteiger partial charge on any atom is 0.165 e. The van der Waals surface area contributed by atoms with Gasteiger partial charge in [-0.1, -0.05) is 44.2 Å². The van der Waals surface area contributed by atoms with Crippen LogP contribution in [0.25, 0.3) is 0 Å². The fraction of sp³-hybridized carbons (Fsp3) is 0.235.